The number of hydrogen-bond donors (Lipinski definition) is 1. The SMILES string of the molecule is CCC1CN(c2c(C)cccc2[N+](=O)[O-])C(CC)CN1. The quantitative estimate of drug-likeness (QED) is 0.679. The van der Waals surface area contributed by atoms with Gasteiger partial charge in [-0.3, -0.25) is 10.1 Å². The number of nitrogens with one attached hydrogen (secondary N) is 1. The highest BCUT2D eigenvalue weighted by Gasteiger charge is 2.31. The minimum absolute atomic E-state index is 0.222. The molecule has 2 unspecified atom stereocenters. The fourth-order valence-electron chi connectivity index (χ4n) is 2.94. The minimum Gasteiger partial charge on any atom is -0.360 e. The highest BCUT2D eigenvalue weighted by atomic mass is 16.6. The van der Waals surface area contributed by atoms with Gasteiger partial charge in [0, 0.05) is 31.2 Å². The lowest BCUT2D eigenvalue weighted by atomic mass is 10.0. The van der Waals surface area contributed by atoms with Crippen LogP contribution in [0.2, 0.25) is 0 Å². The van der Waals surface area contributed by atoms with Gasteiger partial charge in [-0.2, -0.15) is 0 Å². The van der Waals surface area contributed by atoms with E-state index in [0.29, 0.717) is 12.1 Å². The number of anilines is 1. The van der Waals surface area contributed by atoms with Gasteiger partial charge in [0.2, 0.25) is 0 Å². The number of rotatable bonds is 4. The minimum atomic E-state index is -0.266. The standard InChI is InChI=1S/C15H23N3O2/c1-4-12-10-17(13(5-2)9-16-12)15-11(3)7-6-8-14(15)18(19)20/h6-8,12-13,16H,4-5,9-10H2,1-3H3. The smallest absolute Gasteiger partial charge is 0.292 e. The molecule has 0 aromatic heterocycles. The van der Waals surface area contributed by atoms with Crippen molar-refractivity contribution in [3.8, 4) is 0 Å². The van der Waals surface area contributed by atoms with Gasteiger partial charge in [-0.05, 0) is 25.3 Å². The largest absolute Gasteiger partial charge is 0.360 e. The number of piperazine rings is 1. The number of para-hydroxylation sites is 1. The second kappa shape index (κ2) is 6.22. The van der Waals surface area contributed by atoms with Crippen molar-refractivity contribution < 1.29 is 4.92 Å². The van der Waals surface area contributed by atoms with Crippen molar-refractivity contribution in [2.24, 2.45) is 0 Å². The van der Waals surface area contributed by atoms with Gasteiger partial charge in [0.25, 0.3) is 5.69 Å². The van der Waals surface area contributed by atoms with Crippen LogP contribution in [-0.4, -0.2) is 30.1 Å². The average Bonchev–Trinajstić information content (AvgIpc) is 2.46. The summed E-state index contributed by atoms with van der Waals surface area (Å²) >= 11 is 0. The summed E-state index contributed by atoms with van der Waals surface area (Å²) in [7, 11) is 0. The first-order chi connectivity index (χ1) is 9.58. The first-order valence-corrected chi connectivity index (χ1v) is 7.32. The Labute approximate surface area is 120 Å². The molecule has 0 spiro atoms. The molecule has 0 radical (unpaired) electrons. The van der Waals surface area contributed by atoms with E-state index in [-0.39, 0.29) is 10.6 Å². The Morgan fingerprint density at radius 3 is 2.75 bits per heavy atom. The lowest BCUT2D eigenvalue weighted by molar-refractivity contribution is -0.384. The highest BCUT2D eigenvalue weighted by molar-refractivity contribution is 5.68. The van der Waals surface area contributed by atoms with Crippen molar-refractivity contribution >= 4 is 11.4 Å². The predicted octanol–water partition coefficient (Wildman–Crippen LogP) is 2.87. The Morgan fingerprint density at radius 2 is 2.15 bits per heavy atom. The molecule has 2 atom stereocenters. The zero-order valence-corrected chi connectivity index (χ0v) is 12.4. The van der Waals surface area contributed by atoms with Crippen LogP contribution in [0.1, 0.15) is 32.3 Å². The van der Waals surface area contributed by atoms with Gasteiger partial charge >= 0.3 is 0 Å². The number of benzene rings is 1. The van der Waals surface area contributed by atoms with Crippen LogP contribution >= 0.6 is 0 Å². The van der Waals surface area contributed by atoms with Crippen LogP contribution in [0.4, 0.5) is 11.4 Å². The van der Waals surface area contributed by atoms with Crippen LogP contribution in [0.25, 0.3) is 0 Å². The van der Waals surface area contributed by atoms with E-state index < -0.39 is 0 Å². The first kappa shape index (κ1) is 14.8. The maximum absolute atomic E-state index is 11.3. The van der Waals surface area contributed by atoms with Crippen molar-refractivity contribution in [2.45, 2.75) is 45.7 Å². The summed E-state index contributed by atoms with van der Waals surface area (Å²) in [5, 5.41) is 14.9. The molecule has 1 aromatic rings. The van der Waals surface area contributed by atoms with Crippen LogP contribution in [0, 0.1) is 17.0 Å². The maximum atomic E-state index is 11.3. The van der Waals surface area contributed by atoms with Crippen molar-refractivity contribution in [1.29, 1.82) is 0 Å². The Balaban J connectivity index is 2.43. The summed E-state index contributed by atoms with van der Waals surface area (Å²) in [4.78, 5) is 13.3. The molecule has 1 aliphatic heterocycles. The van der Waals surface area contributed by atoms with Crippen molar-refractivity contribution in [3.63, 3.8) is 0 Å². The van der Waals surface area contributed by atoms with Gasteiger partial charge in [0.15, 0.2) is 0 Å². The zero-order valence-electron chi connectivity index (χ0n) is 12.4. The summed E-state index contributed by atoms with van der Waals surface area (Å²) in [6.07, 6.45) is 2.02. The number of aryl methyl sites for hydroxylation is 1. The topological polar surface area (TPSA) is 58.4 Å². The zero-order chi connectivity index (χ0) is 14.7. The van der Waals surface area contributed by atoms with Crippen molar-refractivity contribution in [1.82, 2.24) is 5.32 Å². The predicted molar refractivity (Wildman–Crippen MR) is 81.3 cm³/mol. The molecule has 1 aromatic carbocycles. The fourth-order valence-corrected chi connectivity index (χ4v) is 2.94. The molecular weight excluding hydrogens is 254 g/mol. The van der Waals surface area contributed by atoms with Crippen molar-refractivity contribution in [2.75, 3.05) is 18.0 Å². The molecule has 1 heterocycles. The van der Waals surface area contributed by atoms with Gasteiger partial charge in [-0.15, -0.1) is 0 Å². The molecule has 0 aliphatic carbocycles. The second-order valence-electron chi connectivity index (χ2n) is 5.43. The number of nitro benzene ring substituents is 1. The molecule has 5 nitrogen and oxygen atoms in total. The molecule has 1 fully saturated rings. The van der Waals surface area contributed by atoms with Crippen LogP contribution in [0.5, 0.6) is 0 Å². The number of nitro groups is 1. The van der Waals surface area contributed by atoms with Crippen LogP contribution in [-0.2, 0) is 0 Å². The van der Waals surface area contributed by atoms with Gasteiger partial charge in [-0.25, -0.2) is 0 Å². The molecule has 1 saturated heterocycles. The monoisotopic (exact) mass is 277 g/mol. The van der Waals surface area contributed by atoms with E-state index in [4.69, 9.17) is 0 Å². The van der Waals surface area contributed by atoms with Gasteiger partial charge in [0.05, 0.1) is 4.92 Å². The molecule has 20 heavy (non-hydrogen) atoms. The molecule has 2 rings (SSSR count). The molecule has 5 heteroatoms. The number of hydrogen-bond acceptors (Lipinski definition) is 4. The third kappa shape index (κ3) is 2.77. The third-order valence-corrected chi connectivity index (χ3v) is 4.16. The summed E-state index contributed by atoms with van der Waals surface area (Å²) in [6.45, 7) is 7.96. The van der Waals surface area contributed by atoms with Gasteiger partial charge in [0.1, 0.15) is 5.69 Å². The first-order valence-electron chi connectivity index (χ1n) is 7.32. The van der Waals surface area contributed by atoms with Crippen LogP contribution < -0.4 is 10.2 Å². The van der Waals surface area contributed by atoms with E-state index in [1.54, 1.807) is 12.1 Å². The Hall–Kier alpha value is -1.62. The molecule has 0 bridgehead atoms. The van der Waals surface area contributed by atoms with Gasteiger partial charge < -0.3 is 10.2 Å². The fraction of sp³-hybridized carbons (Fsp3) is 0.600. The molecule has 110 valence electrons. The summed E-state index contributed by atoms with van der Waals surface area (Å²) < 4.78 is 0. The molecular formula is C15H23N3O2. The molecule has 1 aliphatic rings. The summed E-state index contributed by atoms with van der Waals surface area (Å²) in [5.74, 6) is 0. The van der Waals surface area contributed by atoms with E-state index in [0.717, 1.165) is 37.2 Å². The number of nitrogens with zero attached hydrogens (tertiary/aromatic N) is 2. The van der Waals surface area contributed by atoms with E-state index in [2.05, 4.69) is 24.1 Å². The van der Waals surface area contributed by atoms with E-state index >= 15 is 0 Å². The Bertz CT molecular complexity index is 490. The Morgan fingerprint density at radius 1 is 1.40 bits per heavy atom. The Kier molecular flexibility index (Phi) is 4.60. The van der Waals surface area contributed by atoms with Crippen LogP contribution in [0.15, 0.2) is 18.2 Å². The highest BCUT2D eigenvalue weighted by Crippen LogP contribution is 2.34. The summed E-state index contributed by atoms with van der Waals surface area (Å²) in [5.41, 5.74) is 2.00. The maximum Gasteiger partial charge on any atom is 0.292 e. The normalized spacial score (nSPS) is 22.9. The van der Waals surface area contributed by atoms with E-state index in [9.17, 15) is 10.1 Å². The average molecular weight is 277 g/mol. The van der Waals surface area contributed by atoms with E-state index in [1.165, 1.54) is 0 Å². The molecule has 0 amide bonds. The van der Waals surface area contributed by atoms with E-state index in [1.807, 2.05) is 13.0 Å². The lowest BCUT2D eigenvalue weighted by Crippen LogP contribution is -2.56. The molecule has 0 saturated carbocycles. The van der Waals surface area contributed by atoms with Gasteiger partial charge in [-0.1, -0.05) is 26.0 Å². The van der Waals surface area contributed by atoms with Crippen LogP contribution in [0.3, 0.4) is 0 Å². The lowest BCUT2D eigenvalue weighted by Gasteiger charge is -2.41. The molecule has 1 N–H and O–H groups in total. The summed E-state index contributed by atoms with van der Waals surface area (Å²) in [6, 6.07) is 6.04. The third-order valence-electron chi connectivity index (χ3n) is 4.16. The second-order valence-corrected chi connectivity index (χ2v) is 5.43. The van der Waals surface area contributed by atoms with Crippen molar-refractivity contribution in [3.05, 3.63) is 33.9 Å².